The van der Waals surface area contributed by atoms with Gasteiger partial charge in [0, 0.05) is 12.7 Å². The van der Waals surface area contributed by atoms with E-state index in [9.17, 15) is 14.7 Å². The van der Waals surface area contributed by atoms with Gasteiger partial charge in [-0.25, -0.2) is 9.59 Å². The second kappa shape index (κ2) is 6.72. The third-order valence-electron chi connectivity index (χ3n) is 3.07. The fourth-order valence-corrected chi connectivity index (χ4v) is 1.68. The normalized spacial score (nSPS) is 11.1. The largest absolute Gasteiger partial charge is 0.480 e. The highest BCUT2D eigenvalue weighted by molar-refractivity contribution is 5.86. The van der Waals surface area contributed by atoms with Gasteiger partial charge >= 0.3 is 12.0 Å². The predicted octanol–water partition coefficient (Wildman–Crippen LogP) is 0.221. The van der Waals surface area contributed by atoms with Crippen molar-refractivity contribution in [2.45, 2.75) is 38.8 Å². The monoisotopic (exact) mass is 269 g/mol. The maximum Gasteiger partial charge on any atom is 0.329 e. The SMILES string of the molecule is CCC(CC)(NC(=O)NCCn1ccnn1)C(=O)O. The Morgan fingerprint density at radius 1 is 1.37 bits per heavy atom. The maximum atomic E-state index is 11.7. The van der Waals surface area contributed by atoms with Crippen LogP contribution < -0.4 is 10.6 Å². The van der Waals surface area contributed by atoms with Gasteiger partial charge in [0.1, 0.15) is 5.54 Å². The third-order valence-corrected chi connectivity index (χ3v) is 3.07. The molecule has 0 atom stereocenters. The summed E-state index contributed by atoms with van der Waals surface area (Å²) in [6.45, 7) is 4.28. The first-order chi connectivity index (χ1) is 9.04. The number of carbonyl (C=O) groups is 2. The molecule has 1 aromatic heterocycles. The molecule has 0 aliphatic carbocycles. The molecule has 1 heterocycles. The number of hydrogen-bond donors (Lipinski definition) is 3. The average molecular weight is 269 g/mol. The lowest BCUT2D eigenvalue weighted by atomic mass is 9.93. The molecule has 0 bridgehead atoms. The number of hydrogen-bond acceptors (Lipinski definition) is 4. The zero-order valence-electron chi connectivity index (χ0n) is 11.1. The van der Waals surface area contributed by atoms with E-state index in [0.717, 1.165) is 0 Å². The lowest BCUT2D eigenvalue weighted by Gasteiger charge is -2.28. The van der Waals surface area contributed by atoms with Gasteiger partial charge in [0.05, 0.1) is 12.7 Å². The molecule has 2 amide bonds. The molecule has 8 heteroatoms. The molecule has 3 N–H and O–H groups in total. The zero-order chi connectivity index (χ0) is 14.3. The summed E-state index contributed by atoms with van der Waals surface area (Å²) >= 11 is 0. The lowest BCUT2D eigenvalue weighted by Crippen LogP contribution is -2.56. The summed E-state index contributed by atoms with van der Waals surface area (Å²) in [6, 6.07) is -0.494. The fourth-order valence-electron chi connectivity index (χ4n) is 1.68. The van der Waals surface area contributed by atoms with Crippen LogP contribution in [0.4, 0.5) is 4.79 Å². The molecule has 19 heavy (non-hydrogen) atoms. The Labute approximate surface area is 111 Å². The molecule has 1 rings (SSSR count). The second-order valence-electron chi connectivity index (χ2n) is 4.14. The molecule has 0 spiro atoms. The van der Waals surface area contributed by atoms with Crippen molar-refractivity contribution in [1.82, 2.24) is 25.6 Å². The van der Waals surface area contributed by atoms with Gasteiger partial charge in [-0.3, -0.25) is 4.68 Å². The first kappa shape index (κ1) is 14.9. The molecule has 0 fully saturated rings. The van der Waals surface area contributed by atoms with Crippen LogP contribution in [0.2, 0.25) is 0 Å². The van der Waals surface area contributed by atoms with E-state index in [4.69, 9.17) is 0 Å². The molecule has 0 aliphatic rings. The van der Waals surface area contributed by atoms with Gasteiger partial charge in [-0.15, -0.1) is 5.10 Å². The smallest absolute Gasteiger partial charge is 0.329 e. The molecule has 0 saturated heterocycles. The third kappa shape index (κ3) is 3.94. The fraction of sp³-hybridized carbons (Fsp3) is 0.636. The number of rotatable bonds is 7. The van der Waals surface area contributed by atoms with Crippen molar-refractivity contribution in [1.29, 1.82) is 0 Å². The Balaban J connectivity index is 2.43. The summed E-state index contributed by atoms with van der Waals surface area (Å²) in [5.74, 6) is -1.02. The van der Waals surface area contributed by atoms with E-state index in [1.165, 1.54) is 0 Å². The minimum absolute atomic E-state index is 0.329. The number of amides is 2. The van der Waals surface area contributed by atoms with Crippen LogP contribution in [0, 0.1) is 0 Å². The Kier molecular flexibility index (Phi) is 5.28. The van der Waals surface area contributed by atoms with E-state index in [0.29, 0.717) is 25.9 Å². The Hall–Kier alpha value is -2.12. The molecule has 106 valence electrons. The van der Waals surface area contributed by atoms with Crippen molar-refractivity contribution < 1.29 is 14.7 Å². The molecular weight excluding hydrogens is 250 g/mol. The number of carboxylic acids is 1. The Morgan fingerprint density at radius 3 is 2.53 bits per heavy atom. The van der Waals surface area contributed by atoms with Crippen LogP contribution in [0.15, 0.2) is 12.4 Å². The van der Waals surface area contributed by atoms with Gasteiger partial charge in [-0.2, -0.15) is 0 Å². The highest BCUT2D eigenvalue weighted by Crippen LogP contribution is 2.14. The quantitative estimate of drug-likeness (QED) is 0.656. The van der Waals surface area contributed by atoms with Crippen molar-refractivity contribution in [3.63, 3.8) is 0 Å². The van der Waals surface area contributed by atoms with Gasteiger partial charge in [-0.1, -0.05) is 19.1 Å². The minimum atomic E-state index is -1.21. The molecule has 8 nitrogen and oxygen atoms in total. The van der Waals surface area contributed by atoms with Crippen LogP contribution in [-0.4, -0.2) is 44.2 Å². The van der Waals surface area contributed by atoms with Gasteiger partial charge in [-0.05, 0) is 12.8 Å². The van der Waals surface area contributed by atoms with Crippen LogP contribution in [-0.2, 0) is 11.3 Å². The number of aromatic nitrogens is 3. The standard InChI is InChI=1S/C11H19N5O3/c1-3-11(4-2,9(17)18)14-10(19)12-5-7-16-8-6-13-15-16/h6,8H,3-5,7H2,1-2H3,(H,17,18)(H2,12,14,19). The number of nitrogens with zero attached hydrogens (tertiary/aromatic N) is 3. The van der Waals surface area contributed by atoms with Crippen molar-refractivity contribution in [3.05, 3.63) is 12.4 Å². The summed E-state index contributed by atoms with van der Waals surface area (Å²) in [5, 5.41) is 21.7. The molecule has 0 aliphatic heterocycles. The molecule has 0 saturated carbocycles. The predicted molar refractivity (Wildman–Crippen MR) is 67.5 cm³/mol. The van der Waals surface area contributed by atoms with E-state index in [1.807, 2.05) is 0 Å². The minimum Gasteiger partial charge on any atom is -0.480 e. The molecule has 1 aromatic rings. The second-order valence-corrected chi connectivity index (χ2v) is 4.14. The van der Waals surface area contributed by atoms with Gasteiger partial charge in [0.15, 0.2) is 0 Å². The van der Waals surface area contributed by atoms with Crippen molar-refractivity contribution >= 4 is 12.0 Å². The van der Waals surface area contributed by atoms with E-state index >= 15 is 0 Å². The zero-order valence-corrected chi connectivity index (χ0v) is 11.1. The number of aliphatic carboxylic acids is 1. The summed E-state index contributed by atoms with van der Waals surface area (Å²) < 4.78 is 1.57. The summed E-state index contributed by atoms with van der Waals surface area (Å²) in [6.07, 6.45) is 3.88. The number of urea groups is 1. The lowest BCUT2D eigenvalue weighted by molar-refractivity contribution is -0.144. The van der Waals surface area contributed by atoms with Gasteiger partial charge in [0.2, 0.25) is 0 Å². The van der Waals surface area contributed by atoms with Crippen LogP contribution in [0.1, 0.15) is 26.7 Å². The van der Waals surface area contributed by atoms with E-state index in [-0.39, 0.29) is 0 Å². The summed E-state index contributed by atoms with van der Waals surface area (Å²) in [5.41, 5.74) is -1.21. The van der Waals surface area contributed by atoms with E-state index in [1.54, 1.807) is 30.9 Å². The maximum absolute atomic E-state index is 11.7. The summed E-state index contributed by atoms with van der Waals surface area (Å²) in [7, 11) is 0. The molecule has 0 unspecified atom stereocenters. The summed E-state index contributed by atoms with van der Waals surface area (Å²) in [4.78, 5) is 22.9. The van der Waals surface area contributed by atoms with Crippen molar-refractivity contribution in [2.24, 2.45) is 0 Å². The van der Waals surface area contributed by atoms with Gasteiger partial charge < -0.3 is 15.7 Å². The highest BCUT2D eigenvalue weighted by Gasteiger charge is 2.36. The Bertz CT molecular complexity index is 414. The average Bonchev–Trinajstić information content (AvgIpc) is 2.89. The van der Waals surface area contributed by atoms with Crippen molar-refractivity contribution in [3.8, 4) is 0 Å². The number of nitrogens with one attached hydrogen (secondary N) is 2. The number of carbonyl (C=O) groups excluding carboxylic acids is 1. The first-order valence-electron chi connectivity index (χ1n) is 6.17. The van der Waals surface area contributed by atoms with Crippen LogP contribution in [0.3, 0.4) is 0 Å². The first-order valence-corrected chi connectivity index (χ1v) is 6.17. The molecular formula is C11H19N5O3. The molecule has 0 radical (unpaired) electrons. The Morgan fingerprint density at radius 2 is 2.05 bits per heavy atom. The topological polar surface area (TPSA) is 109 Å². The van der Waals surface area contributed by atoms with Gasteiger partial charge in [0.25, 0.3) is 0 Å². The van der Waals surface area contributed by atoms with Crippen LogP contribution in [0.5, 0.6) is 0 Å². The highest BCUT2D eigenvalue weighted by atomic mass is 16.4. The number of carboxylic acid groups (broad SMARTS) is 1. The molecule has 0 aromatic carbocycles. The van der Waals surface area contributed by atoms with E-state index < -0.39 is 17.5 Å². The van der Waals surface area contributed by atoms with E-state index in [2.05, 4.69) is 20.9 Å². The van der Waals surface area contributed by atoms with Crippen molar-refractivity contribution in [2.75, 3.05) is 6.54 Å². The van der Waals surface area contributed by atoms with Crippen LogP contribution >= 0.6 is 0 Å². The van der Waals surface area contributed by atoms with Crippen LogP contribution in [0.25, 0.3) is 0 Å².